The molecule has 2 aromatic rings. The van der Waals surface area contributed by atoms with Gasteiger partial charge in [-0.2, -0.15) is 0 Å². The highest BCUT2D eigenvalue weighted by molar-refractivity contribution is 7.13. The molecule has 0 aliphatic carbocycles. The molecule has 22 heavy (non-hydrogen) atoms. The number of likely N-dealkylation sites (N-methyl/N-ethyl adjacent to an activating group) is 1. The standard InChI is InChI=1S/C16H22N4OS/c1-20(2)8-7-18-15(21)9-14-11-22-16(19-14)13-5-3-12(10-17)4-6-13/h3-6,11H,7-10,17H2,1-2H3,(H,18,21). The molecule has 0 aliphatic rings. The van der Waals surface area contributed by atoms with Gasteiger partial charge in [0, 0.05) is 30.6 Å². The number of nitrogens with one attached hydrogen (secondary N) is 1. The number of hydrogen-bond donors (Lipinski definition) is 2. The van der Waals surface area contributed by atoms with E-state index < -0.39 is 0 Å². The Bertz CT molecular complexity index is 607. The van der Waals surface area contributed by atoms with Gasteiger partial charge in [0.15, 0.2) is 0 Å². The molecule has 6 heteroatoms. The number of thiazole rings is 1. The maximum atomic E-state index is 11.8. The van der Waals surface area contributed by atoms with Crippen LogP contribution in [0, 0.1) is 0 Å². The van der Waals surface area contributed by atoms with Gasteiger partial charge in [-0.3, -0.25) is 4.79 Å². The largest absolute Gasteiger partial charge is 0.354 e. The Kier molecular flexibility index (Phi) is 6.06. The number of amides is 1. The van der Waals surface area contributed by atoms with Gasteiger partial charge in [-0.1, -0.05) is 24.3 Å². The van der Waals surface area contributed by atoms with Crippen molar-refractivity contribution in [3.8, 4) is 10.6 Å². The lowest BCUT2D eigenvalue weighted by Crippen LogP contribution is -2.32. The van der Waals surface area contributed by atoms with Crippen molar-refractivity contribution in [2.24, 2.45) is 5.73 Å². The highest BCUT2D eigenvalue weighted by atomic mass is 32.1. The van der Waals surface area contributed by atoms with Gasteiger partial charge in [0.1, 0.15) is 5.01 Å². The van der Waals surface area contributed by atoms with Gasteiger partial charge in [-0.05, 0) is 19.7 Å². The summed E-state index contributed by atoms with van der Waals surface area (Å²) in [5.74, 6) is 0.0113. The SMILES string of the molecule is CN(C)CCNC(=O)Cc1csc(-c2ccc(CN)cc2)n1. The number of hydrogen-bond acceptors (Lipinski definition) is 5. The Labute approximate surface area is 135 Å². The number of aromatic nitrogens is 1. The van der Waals surface area contributed by atoms with Crippen LogP contribution in [0.3, 0.4) is 0 Å². The lowest BCUT2D eigenvalue weighted by molar-refractivity contribution is -0.120. The number of nitrogens with zero attached hydrogens (tertiary/aromatic N) is 2. The topological polar surface area (TPSA) is 71.2 Å². The van der Waals surface area contributed by atoms with E-state index in [9.17, 15) is 4.79 Å². The molecule has 0 saturated heterocycles. The Hall–Kier alpha value is -1.76. The first kappa shape index (κ1) is 16.6. The van der Waals surface area contributed by atoms with Gasteiger partial charge in [-0.15, -0.1) is 11.3 Å². The van der Waals surface area contributed by atoms with Crippen molar-refractivity contribution in [2.75, 3.05) is 27.2 Å². The second-order valence-corrected chi connectivity index (χ2v) is 6.23. The van der Waals surface area contributed by atoms with E-state index in [4.69, 9.17) is 5.73 Å². The van der Waals surface area contributed by atoms with E-state index in [1.165, 1.54) is 0 Å². The highest BCUT2D eigenvalue weighted by Gasteiger charge is 2.09. The first-order valence-electron chi connectivity index (χ1n) is 7.23. The lowest BCUT2D eigenvalue weighted by Gasteiger charge is -2.09. The molecule has 1 aromatic carbocycles. The van der Waals surface area contributed by atoms with Gasteiger partial charge < -0.3 is 16.0 Å². The normalized spacial score (nSPS) is 10.9. The Balaban J connectivity index is 1.91. The van der Waals surface area contributed by atoms with Crippen molar-refractivity contribution in [3.05, 3.63) is 40.9 Å². The monoisotopic (exact) mass is 318 g/mol. The van der Waals surface area contributed by atoms with E-state index in [2.05, 4.69) is 10.3 Å². The average Bonchev–Trinajstić information content (AvgIpc) is 2.95. The first-order chi connectivity index (χ1) is 10.6. The van der Waals surface area contributed by atoms with Gasteiger partial charge in [0.05, 0.1) is 12.1 Å². The van der Waals surface area contributed by atoms with Gasteiger partial charge in [-0.25, -0.2) is 4.98 Å². The summed E-state index contributed by atoms with van der Waals surface area (Å²) in [7, 11) is 3.96. The summed E-state index contributed by atoms with van der Waals surface area (Å²) < 4.78 is 0. The predicted octanol–water partition coefficient (Wildman–Crippen LogP) is 1.49. The van der Waals surface area contributed by atoms with Gasteiger partial charge in [0.2, 0.25) is 5.91 Å². The van der Waals surface area contributed by atoms with Crippen molar-refractivity contribution < 1.29 is 4.79 Å². The quantitative estimate of drug-likeness (QED) is 0.811. The summed E-state index contributed by atoms with van der Waals surface area (Å²) in [5, 5.41) is 5.77. The van der Waals surface area contributed by atoms with Crippen LogP contribution in [0.2, 0.25) is 0 Å². The van der Waals surface area contributed by atoms with Crippen LogP contribution < -0.4 is 11.1 Å². The zero-order chi connectivity index (χ0) is 15.9. The van der Waals surface area contributed by atoms with E-state index in [0.29, 0.717) is 19.5 Å². The zero-order valence-corrected chi connectivity index (χ0v) is 13.8. The van der Waals surface area contributed by atoms with E-state index in [1.807, 2.05) is 48.6 Å². The molecular formula is C16H22N4OS. The third-order valence-corrected chi connectivity index (χ3v) is 4.15. The van der Waals surface area contributed by atoms with Crippen LogP contribution in [0.5, 0.6) is 0 Å². The third kappa shape index (κ3) is 4.91. The second-order valence-electron chi connectivity index (χ2n) is 5.38. The molecule has 0 fully saturated rings. The molecule has 0 atom stereocenters. The van der Waals surface area contributed by atoms with Crippen molar-refractivity contribution in [3.63, 3.8) is 0 Å². The van der Waals surface area contributed by atoms with E-state index in [1.54, 1.807) is 11.3 Å². The van der Waals surface area contributed by atoms with Crippen molar-refractivity contribution >= 4 is 17.2 Å². The molecule has 5 nitrogen and oxygen atoms in total. The zero-order valence-electron chi connectivity index (χ0n) is 13.0. The first-order valence-corrected chi connectivity index (χ1v) is 8.11. The minimum absolute atomic E-state index is 0.0113. The molecule has 0 saturated carbocycles. The van der Waals surface area contributed by atoms with Crippen LogP contribution >= 0.6 is 11.3 Å². The minimum atomic E-state index is 0.0113. The van der Waals surface area contributed by atoms with Crippen molar-refractivity contribution in [2.45, 2.75) is 13.0 Å². The van der Waals surface area contributed by atoms with Crippen LogP contribution in [0.25, 0.3) is 10.6 Å². The number of carbonyl (C=O) groups excluding carboxylic acids is 1. The van der Waals surface area contributed by atoms with Crippen LogP contribution in [0.1, 0.15) is 11.3 Å². The van der Waals surface area contributed by atoms with E-state index in [-0.39, 0.29) is 5.91 Å². The molecule has 118 valence electrons. The number of carbonyl (C=O) groups is 1. The minimum Gasteiger partial charge on any atom is -0.354 e. The summed E-state index contributed by atoms with van der Waals surface area (Å²) in [6, 6.07) is 8.04. The van der Waals surface area contributed by atoms with Gasteiger partial charge >= 0.3 is 0 Å². The summed E-state index contributed by atoms with van der Waals surface area (Å²) in [4.78, 5) is 18.4. The van der Waals surface area contributed by atoms with Crippen LogP contribution in [0.4, 0.5) is 0 Å². The Morgan fingerprint density at radius 3 is 2.68 bits per heavy atom. The van der Waals surface area contributed by atoms with Crippen molar-refractivity contribution in [1.82, 2.24) is 15.2 Å². The van der Waals surface area contributed by atoms with Crippen molar-refractivity contribution in [1.29, 1.82) is 0 Å². The van der Waals surface area contributed by atoms with Crippen LogP contribution in [-0.2, 0) is 17.8 Å². The van der Waals surface area contributed by atoms with Crippen LogP contribution in [0.15, 0.2) is 29.6 Å². The molecule has 1 heterocycles. The van der Waals surface area contributed by atoms with Gasteiger partial charge in [0.25, 0.3) is 0 Å². The summed E-state index contributed by atoms with van der Waals surface area (Å²) >= 11 is 1.56. The van der Waals surface area contributed by atoms with Crippen LogP contribution in [-0.4, -0.2) is 43.0 Å². The van der Waals surface area contributed by atoms with E-state index in [0.717, 1.165) is 28.4 Å². The molecule has 0 bridgehead atoms. The molecular weight excluding hydrogens is 296 g/mol. The molecule has 3 N–H and O–H groups in total. The fourth-order valence-electron chi connectivity index (χ4n) is 1.95. The predicted molar refractivity (Wildman–Crippen MR) is 90.7 cm³/mol. The summed E-state index contributed by atoms with van der Waals surface area (Å²) in [5.41, 5.74) is 8.56. The molecule has 1 aromatic heterocycles. The third-order valence-electron chi connectivity index (χ3n) is 3.21. The second kappa shape index (κ2) is 8.03. The maximum Gasteiger partial charge on any atom is 0.226 e. The molecule has 1 amide bonds. The smallest absolute Gasteiger partial charge is 0.226 e. The molecule has 0 spiro atoms. The molecule has 0 aliphatic heterocycles. The lowest BCUT2D eigenvalue weighted by atomic mass is 10.1. The fraction of sp³-hybridized carbons (Fsp3) is 0.375. The Morgan fingerprint density at radius 1 is 1.32 bits per heavy atom. The average molecular weight is 318 g/mol. The molecule has 0 unspecified atom stereocenters. The number of benzene rings is 1. The Morgan fingerprint density at radius 2 is 2.05 bits per heavy atom. The maximum absolute atomic E-state index is 11.8. The molecule has 2 rings (SSSR count). The van der Waals surface area contributed by atoms with E-state index >= 15 is 0 Å². The fourth-order valence-corrected chi connectivity index (χ4v) is 2.78. The molecule has 0 radical (unpaired) electrons. The highest BCUT2D eigenvalue weighted by Crippen LogP contribution is 2.24. The number of nitrogens with two attached hydrogens (primary N) is 1. The summed E-state index contributed by atoms with van der Waals surface area (Å²) in [6.07, 6.45) is 0.324. The number of rotatable bonds is 7. The summed E-state index contributed by atoms with van der Waals surface area (Å²) in [6.45, 7) is 2.03.